The smallest absolute Gasteiger partial charge is 0.191 e. The molecule has 0 amide bonds. The molecule has 1 aliphatic rings. The summed E-state index contributed by atoms with van der Waals surface area (Å²) >= 11 is 0. The Bertz CT molecular complexity index is 563. The van der Waals surface area contributed by atoms with Gasteiger partial charge in [0.25, 0.3) is 0 Å². The quantitative estimate of drug-likeness (QED) is 0.222. The minimum Gasteiger partial charge on any atom is -0.492 e. The summed E-state index contributed by atoms with van der Waals surface area (Å²) in [6.07, 6.45) is 2.38. The van der Waals surface area contributed by atoms with Crippen LogP contribution in [0.5, 0.6) is 5.75 Å². The summed E-state index contributed by atoms with van der Waals surface area (Å²) in [5.41, 5.74) is 1.14. The first-order valence-electron chi connectivity index (χ1n) is 10.1. The number of rotatable bonds is 10. The van der Waals surface area contributed by atoms with Crippen LogP contribution in [0, 0.1) is 5.92 Å². The van der Waals surface area contributed by atoms with E-state index in [4.69, 9.17) is 9.47 Å². The molecule has 0 unspecified atom stereocenters. The fourth-order valence-corrected chi connectivity index (χ4v) is 3.02. The Hall–Kier alpha value is -1.06. The number of ether oxygens (including phenoxy) is 2. The average Bonchev–Trinajstić information content (AvgIpc) is 2.69. The van der Waals surface area contributed by atoms with Crippen molar-refractivity contribution in [2.24, 2.45) is 10.9 Å². The Morgan fingerprint density at radius 3 is 2.68 bits per heavy atom. The molecular formula is C21H37IN4O2. The Balaban J connectivity index is 0.00000392. The first-order chi connectivity index (χ1) is 13.2. The first-order valence-corrected chi connectivity index (χ1v) is 10.1. The average molecular weight is 504 g/mol. The maximum absolute atomic E-state index is 6.05. The van der Waals surface area contributed by atoms with E-state index in [0.717, 1.165) is 69.0 Å². The molecular weight excluding hydrogens is 467 g/mol. The second-order valence-corrected chi connectivity index (χ2v) is 7.30. The zero-order chi connectivity index (χ0) is 19.3. The lowest BCUT2D eigenvalue weighted by Crippen LogP contribution is -2.39. The summed E-state index contributed by atoms with van der Waals surface area (Å²) < 4.78 is 11.4. The van der Waals surface area contributed by atoms with Crippen molar-refractivity contribution in [3.63, 3.8) is 0 Å². The van der Waals surface area contributed by atoms with E-state index >= 15 is 0 Å². The summed E-state index contributed by atoms with van der Waals surface area (Å²) in [5.74, 6) is 2.51. The maximum atomic E-state index is 6.05. The van der Waals surface area contributed by atoms with Crippen molar-refractivity contribution in [1.82, 2.24) is 15.5 Å². The Kier molecular flexibility index (Phi) is 13.3. The largest absolute Gasteiger partial charge is 0.492 e. The number of para-hydroxylation sites is 1. The van der Waals surface area contributed by atoms with Crippen LogP contribution in [0.1, 0.15) is 32.3 Å². The lowest BCUT2D eigenvalue weighted by Gasteiger charge is -2.26. The molecule has 1 heterocycles. The van der Waals surface area contributed by atoms with Crippen molar-refractivity contribution in [2.45, 2.75) is 33.2 Å². The van der Waals surface area contributed by atoms with Gasteiger partial charge in [-0.15, -0.1) is 24.0 Å². The van der Waals surface area contributed by atoms with Gasteiger partial charge in [0.2, 0.25) is 0 Å². The van der Waals surface area contributed by atoms with Gasteiger partial charge in [0.05, 0.1) is 13.2 Å². The zero-order valence-corrected chi connectivity index (χ0v) is 19.9. The SMILES string of the molecule is CN=C(NCCCC(C)C)NCc1ccccc1OCCN1CCOCC1.I. The lowest BCUT2D eigenvalue weighted by atomic mass is 10.1. The predicted octanol–water partition coefficient (Wildman–Crippen LogP) is 3.12. The highest BCUT2D eigenvalue weighted by Gasteiger charge is 2.10. The molecule has 2 N–H and O–H groups in total. The number of aliphatic imine (C=N–C) groups is 1. The summed E-state index contributed by atoms with van der Waals surface area (Å²) in [4.78, 5) is 6.69. The van der Waals surface area contributed by atoms with E-state index in [1.54, 1.807) is 0 Å². The van der Waals surface area contributed by atoms with Gasteiger partial charge in [-0.2, -0.15) is 0 Å². The molecule has 1 aromatic carbocycles. The fraction of sp³-hybridized carbons (Fsp3) is 0.667. The highest BCUT2D eigenvalue weighted by Crippen LogP contribution is 2.17. The monoisotopic (exact) mass is 504 g/mol. The van der Waals surface area contributed by atoms with Gasteiger partial charge in [0, 0.05) is 45.3 Å². The van der Waals surface area contributed by atoms with Crippen LogP contribution in [0.15, 0.2) is 29.3 Å². The van der Waals surface area contributed by atoms with Crippen LogP contribution in [0.2, 0.25) is 0 Å². The van der Waals surface area contributed by atoms with Gasteiger partial charge in [-0.05, 0) is 24.8 Å². The van der Waals surface area contributed by atoms with Crippen molar-refractivity contribution in [3.05, 3.63) is 29.8 Å². The summed E-state index contributed by atoms with van der Waals surface area (Å²) in [7, 11) is 1.81. The molecule has 0 aromatic heterocycles. The predicted molar refractivity (Wildman–Crippen MR) is 127 cm³/mol. The van der Waals surface area contributed by atoms with E-state index in [-0.39, 0.29) is 24.0 Å². The third-order valence-corrected chi connectivity index (χ3v) is 4.66. The number of morpholine rings is 1. The van der Waals surface area contributed by atoms with Crippen LogP contribution in [-0.2, 0) is 11.3 Å². The number of hydrogen-bond acceptors (Lipinski definition) is 4. The molecule has 1 fully saturated rings. The van der Waals surface area contributed by atoms with Crippen LogP contribution in [0.3, 0.4) is 0 Å². The molecule has 0 radical (unpaired) electrons. The molecule has 28 heavy (non-hydrogen) atoms. The van der Waals surface area contributed by atoms with Crippen LogP contribution in [0.4, 0.5) is 0 Å². The Morgan fingerprint density at radius 2 is 1.96 bits per heavy atom. The highest BCUT2D eigenvalue weighted by atomic mass is 127. The standard InChI is InChI=1S/C21H36N4O2.HI/c1-18(2)7-6-10-23-21(22-3)24-17-19-8-4-5-9-20(19)27-16-13-25-11-14-26-15-12-25;/h4-5,8-9,18H,6-7,10-17H2,1-3H3,(H2,22,23,24);1H. The molecule has 0 bridgehead atoms. The Morgan fingerprint density at radius 1 is 1.21 bits per heavy atom. The molecule has 6 nitrogen and oxygen atoms in total. The van der Waals surface area contributed by atoms with Crippen LogP contribution in [0.25, 0.3) is 0 Å². The van der Waals surface area contributed by atoms with Crippen LogP contribution < -0.4 is 15.4 Å². The normalized spacial score (nSPS) is 15.2. The topological polar surface area (TPSA) is 58.1 Å². The second kappa shape index (κ2) is 14.9. The summed E-state index contributed by atoms with van der Waals surface area (Å²) in [5, 5.41) is 6.77. The van der Waals surface area contributed by atoms with E-state index in [1.807, 2.05) is 25.2 Å². The number of nitrogens with one attached hydrogen (secondary N) is 2. The van der Waals surface area contributed by atoms with Crippen molar-refractivity contribution >= 4 is 29.9 Å². The molecule has 1 aliphatic heterocycles. The molecule has 160 valence electrons. The molecule has 1 saturated heterocycles. The van der Waals surface area contributed by atoms with Gasteiger partial charge in [0.1, 0.15) is 12.4 Å². The first kappa shape index (κ1) is 25.0. The molecule has 2 rings (SSSR count). The van der Waals surface area contributed by atoms with Crippen molar-refractivity contribution in [2.75, 3.05) is 53.0 Å². The third-order valence-electron chi connectivity index (χ3n) is 4.66. The maximum Gasteiger partial charge on any atom is 0.191 e. The van der Waals surface area contributed by atoms with Crippen LogP contribution in [-0.4, -0.2) is 63.9 Å². The van der Waals surface area contributed by atoms with Gasteiger partial charge in [0.15, 0.2) is 5.96 Å². The molecule has 7 heteroatoms. The minimum atomic E-state index is 0. The molecule has 0 spiro atoms. The fourth-order valence-electron chi connectivity index (χ4n) is 3.02. The number of benzene rings is 1. The number of guanidine groups is 1. The summed E-state index contributed by atoms with van der Waals surface area (Å²) in [6, 6.07) is 8.20. The van der Waals surface area contributed by atoms with Crippen LogP contribution >= 0.6 is 24.0 Å². The van der Waals surface area contributed by atoms with E-state index in [0.29, 0.717) is 13.2 Å². The van der Waals surface area contributed by atoms with Gasteiger partial charge in [-0.1, -0.05) is 32.0 Å². The van der Waals surface area contributed by atoms with Crippen molar-refractivity contribution < 1.29 is 9.47 Å². The van der Waals surface area contributed by atoms with Gasteiger partial charge in [-0.3, -0.25) is 9.89 Å². The number of nitrogens with zero attached hydrogens (tertiary/aromatic N) is 2. The summed E-state index contributed by atoms with van der Waals surface area (Å²) in [6.45, 7) is 11.4. The minimum absolute atomic E-state index is 0. The molecule has 0 saturated carbocycles. The number of halogens is 1. The zero-order valence-electron chi connectivity index (χ0n) is 17.6. The van der Waals surface area contributed by atoms with E-state index in [9.17, 15) is 0 Å². The van der Waals surface area contributed by atoms with Crippen molar-refractivity contribution in [3.8, 4) is 5.75 Å². The van der Waals surface area contributed by atoms with E-state index in [2.05, 4.69) is 40.4 Å². The van der Waals surface area contributed by atoms with E-state index in [1.165, 1.54) is 6.42 Å². The molecule has 0 aliphatic carbocycles. The number of hydrogen-bond donors (Lipinski definition) is 2. The van der Waals surface area contributed by atoms with Gasteiger partial charge < -0.3 is 20.1 Å². The highest BCUT2D eigenvalue weighted by molar-refractivity contribution is 14.0. The third kappa shape index (κ3) is 9.93. The Labute approximate surface area is 187 Å². The molecule has 1 aromatic rings. The van der Waals surface area contributed by atoms with Gasteiger partial charge in [-0.25, -0.2) is 0 Å². The lowest BCUT2D eigenvalue weighted by molar-refractivity contribution is 0.0322. The van der Waals surface area contributed by atoms with Gasteiger partial charge >= 0.3 is 0 Å². The molecule has 0 atom stereocenters. The van der Waals surface area contributed by atoms with E-state index < -0.39 is 0 Å². The van der Waals surface area contributed by atoms with Crippen molar-refractivity contribution in [1.29, 1.82) is 0 Å². The second-order valence-electron chi connectivity index (χ2n) is 7.30.